The van der Waals surface area contributed by atoms with Crippen molar-refractivity contribution in [1.82, 2.24) is 5.32 Å². The molecule has 1 saturated heterocycles. The fourth-order valence-electron chi connectivity index (χ4n) is 1.35. The second kappa shape index (κ2) is 5.09. The first-order chi connectivity index (χ1) is 6.59. The molecule has 0 saturated carbocycles. The van der Waals surface area contributed by atoms with E-state index in [1.54, 1.807) is 14.0 Å². The summed E-state index contributed by atoms with van der Waals surface area (Å²) in [5.74, 6) is -0.0201. The van der Waals surface area contributed by atoms with Crippen molar-refractivity contribution < 1.29 is 14.3 Å². The van der Waals surface area contributed by atoms with Crippen molar-refractivity contribution in [3.8, 4) is 0 Å². The maximum Gasteiger partial charge on any atom is 0.233 e. The standard InChI is InChI=1S/C9H16BrNO3/c1-7(10)8(12)11-5-9(13-2)3-4-14-6-9/h7H,3-6H2,1-2H3,(H,11,12). The topological polar surface area (TPSA) is 47.6 Å². The SMILES string of the molecule is COC1(CNC(=O)C(C)Br)CCOC1. The second-order valence-corrected chi connectivity index (χ2v) is 4.90. The van der Waals surface area contributed by atoms with Gasteiger partial charge in [0.25, 0.3) is 0 Å². The van der Waals surface area contributed by atoms with Crippen LogP contribution in [0.4, 0.5) is 0 Å². The minimum Gasteiger partial charge on any atom is -0.378 e. The van der Waals surface area contributed by atoms with Gasteiger partial charge < -0.3 is 14.8 Å². The van der Waals surface area contributed by atoms with Crippen LogP contribution in [0.15, 0.2) is 0 Å². The van der Waals surface area contributed by atoms with E-state index in [1.165, 1.54) is 0 Å². The third-order valence-corrected chi connectivity index (χ3v) is 2.86. The Balaban J connectivity index is 2.38. The summed E-state index contributed by atoms with van der Waals surface area (Å²) in [6, 6.07) is 0. The summed E-state index contributed by atoms with van der Waals surface area (Å²) in [7, 11) is 1.65. The van der Waals surface area contributed by atoms with Gasteiger partial charge >= 0.3 is 0 Å². The smallest absolute Gasteiger partial charge is 0.233 e. The number of ether oxygens (including phenoxy) is 2. The van der Waals surface area contributed by atoms with Crippen molar-refractivity contribution in [3.63, 3.8) is 0 Å². The quantitative estimate of drug-likeness (QED) is 0.762. The van der Waals surface area contributed by atoms with E-state index < -0.39 is 0 Å². The van der Waals surface area contributed by atoms with Gasteiger partial charge in [0.2, 0.25) is 5.91 Å². The highest BCUT2D eigenvalue weighted by Gasteiger charge is 2.35. The molecule has 0 spiro atoms. The molecular weight excluding hydrogens is 250 g/mol. The molecule has 1 aliphatic heterocycles. The van der Waals surface area contributed by atoms with Crippen molar-refractivity contribution in [2.75, 3.05) is 26.9 Å². The largest absolute Gasteiger partial charge is 0.378 e. The summed E-state index contributed by atoms with van der Waals surface area (Å²) in [5, 5.41) is 2.82. The predicted octanol–water partition coefficient (Wildman–Crippen LogP) is 0.692. The lowest BCUT2D eigenvalue weighted by Gasteiger charge is -2.26. The fraction of sp³-hybridized carbons (Fsp3) is 0.889. The van der Waals surface area contributed by atoms with E-state index >= 15 is 0 Å². The summed E-state index contributed by atoms with van der Waals surface area (Å²) >= 11 is 3.20. The van der Waals surface area contributed by atoms with Crippen LogP contribution in [0.5, 0.6) is 0 Å². The van der Waals surface area contributed by atoms with Gasteiger partial charge in [-0.1, -0.05) is 15.9 Å². The molecular formula is C9H16BrNO3. The zero-order valence-electron chi connectivity index (χ0n) is 8.51. The Morgan fingerprint density at radius 1 is 1.79 bits per heavy atom. The van der Waals surface area contributed by atoms with Gasteiger partial charge in [0.05, 0.1) is 11.4 Å². The van der Waals surface area contributed by atoms with E-state index in [4.69, 9.17) is 9.47 Å². The van der Waals surface area contributed by atoms with E-state index in [9.17, 15) is 4.79 Å². The fourth-order valence-corrected chi connectivity index (χ4v) is 1.51. The van der Waals surface area contributed by atoms with Crippen LogP contribution in [0.3, 0.4) is 0 Å². The van der Waals surface area contributed by atoms with E-state index in [0.717, 1.165) is 6.42 Å². The average Bonchev–Trinajstić information content (AvgIpc) is 2.63. The average molecular weight is 266 g/mol. The molecule has 1 amide bonds. The number of rotatable bonds is 4. The van der Waals surface area contributed by atoms with E-state index in [-0.39, 0.29) is 16.3 Å². The summed E-state index contributed by atoms with van der Waals surface area (Å²) in [6.07, 6.45) is 0.834. The number of alkyl halides is 1. The second-order valence-electron chi connectivity index (χ2n) is 3.52. The Bertz CT molecular complexity index is 202. The van der Waals surface area contributed by atoms with Gasteiger partial charge in [-0.15, -0.1) is 0 Å². The Morgan fingerprint density at radius 3 is 2.93 bits per heavy atom. The van der Waals surface area contributed by atoms with Gasteiger partial charge in [-0.2, -0.15) is 0 Å². The molecule has 1 rings (SSSR count). The highest BCUT2D eigenvalue weighted by Crippen LogP contribution is 2.21. The molecule has 2 unspecified atom stereocenters. The molecule has 82 valence electrons. The normalized spacial score (nSPS) is 28.8. The van der Waals surface area contributed by atoms with Gasteiger partial charge in [0.15, 0.2) is 0 Å². The molecule has 2 atom stereocenters. The number of amides is 1. The van der Waals surface area contributed by atoms with Crippen LogP contribution in [0.1, 0.15) is 13.3 Å². The minimum absolute atomic E-state index is 0.0201. The van der Waals surface area contributed by atoms with Crippen molar-refractivity contribution in [2.24, 2.45) is 0 Å². The molecule has 1 N–H and O–H groups in total. The summed E-state index contributed by atoms with van der Waals surface area (Å²) < 4.78 is 10.6. The summed E-state index contributed by atoms with van der Waals surface area (Å²) in [5.41, 5.74) is -0.322. The molecule has 5 heteroatoms. The number of carbonyl (C=O) groups excluding carboxylic acids is 1. The third kappa shape index (κ3) is 2.93. The molecule has 0 bridgehead atoms. The monoisotopic (exact) mass is 265 g/mol. The zero-order chi connectivity index (χ0) is 10.6. The zero-order valence-corrected chi connectivity index (χ0v) is 10.1. The molecule has 14 heavy (non-hydrogen) atoms. The van der Waals surface area contributed by atoms with Crippen molar-refractivity contribution >= 4 is 21.8 Å². The Morgan fingerprint density at radius 2 is 2.50 bits per heavy atom. The first-order valence-electron chi connectivity index (χ1n) is 4.64. The van der Waals surface area contributed by atoms with E-state index in [2.05, 4.69) is 21.2 Å². The number of hydrogen-bond acceptors (Lipinski definition) is 3. The van der Waals surface area contributed by atoms with Crippen molar-refractivity contribution in [3.05, 3.63) is 0 Å². The van der Waals surface area contributed by atoms with Gasteiger partial charge in [0.1, 0.15) is 5.60 Å². The van der Waals surface area contributed by atoms with Crippen LogP contribution < -0.4 is 5.32 Å². The van der Waals surface area contributed by atoms with Crippen LogP contribution in [-0.4, -0.2) is 43.2 Å². The molecule has 1 heterocycles. The van der Waals surface area contributed by atoms with Crippen molar-refractivity contribution in [1.29, 1.82) is 0 Å². The predicted molar refractivity (Wildman–Crippen MR) is 56.6 cm³/mol. The third-order valence-electron chi connectivity index (χ3n) is 2.45. The van der Waals surface area contributed by atoms with Crippen LogP contribution >= 0.6 is 15.9 Å². The van der Waals surface area contributed by atoms with Crippen LogP contribution in [0.25, 0.3) is 0 Å². The van der Waals surface area contributed by atoms with Gasteiger partial charge in [-0.05, 0) is 6.92 Å². The van der Waals surface area contributed by atoms with Crippen LogP contribution in [0.2, 0.25) is 0 Å². The highest BCUT2D eigenvalue weighted by molar-refractivity contribution is 9.10. The van der Waals surface area contributed by atoms with Gasteiger partial charge in [0, 0.05) is 26.7 Å². The van der Waals surface area contributed by atoms with Crippen LogP contribution in [0, 0.1) is 0 Å². The van der Waals surface area contributed by atoms with E-state index in [0.29, 0.717) is 19.8 Å². The maximum atomic E-state index is 11.3. The molecule has 0 radical (unpaired) electrons. The first kappa shape index (κ1) is 11.9. The first-order valence-corrected chi connectivity index (χ1v) is 5.56. The molecule has 0 aromatic rings. The molecule has 4 nitrogen and oxygen atoms in total. The molecule has 0 aromatic heterocycles. The maximum absolute atomic E-state index is 11.3. The minimum atomic E-state index is -0.322. The van der Waals surface area contributed by atoms with E-state index in [1.807, 2.05) is 0 Å². The number of hydrogen-bond donors (Lipinski definition) is 1. The van der Waals surface area contributed by atoms with Gasteiger partial charge in [-0.25, -0.2) is 0 Å². The summed E-state index contributed by atoms with van der Waals surface area (Å²) in [6.45, 7) is 3.56. The Hall–Kier alpha value is -0.130. The summed E-state index contributed by atoms with van der Waals surface area (Å²) in [4.78, 5) is 11.1. The lowest BCUT2D eigenvalue weighted by atomic mass is 10.0. The number of nitrogens with one attached hydrogen (secondary N) is 1. The lowest BCUT2D eigenvalue weighted by molar-refractivity contribution is -0.121. The molecule has 1 aliphatic rings. The Kier molecular flexibility index (Phi) is 4.34. The Labute approximate surface area is 92.5 Å². The molecule has 0 aromatic carbocycles. The molecule has 1 fully saturated rings. The number of methoxy groups -OCH3 is 1. The highest BCUT2D eigenvalue weighted by atomic mass is 79.9. The van der Waals surface area contributed by atoms with Crippen molar-refractivity contribution in [2.45, 2.75) is 23.8 Å². The lowest BCUT2D eigenvalue weighted by Crippen LogP contribution is -2.46. The van der Waals surface area contributed by atoms with Gasteiger partial charge in [-0.3, -0.25) is 4.79 Å². The van der Waals surface area contributed by atoms with Crippen LogP contribution in [-0.2, 0) is 14.3 Å². The number of halogens is 1. The molecule has 0 aliphatic carbocycles. The number of carbonyl (C=O) groups is 1.